The Morgan fingerprint density at radius 3 is 2.31 bits per heavy atom. The molecule has 0 saturated carbocycles. The monoisotopic (exact) mass is 493 g/mol. The molecule has 6 nitrogen and oxygen atoms in total. The molecule has 0 unspecified atom stereocenters. The molecule has 1 aromatic heterocycles. The average molecular weight is 494 g/mol. The Kier molecular flexibility index (Phi) is 7.92. The lowest BCUT2D eigenvalue weighted by molar-refractivity contribution is -0.116. The summed E-state index contributed by atoms with van der Waals surface area (Å²) in [5, 5.41) is 0.966. The number of carbonyl (C=O) groups is 1. The highest BCUT2D eigenvalue weighted by Gasteiger charge is 2.27. The van der Waals surface area contributed by atoms with Crippen LogP contribution < -0.4 is 4.90 Å². The van der Waals surface area contributed by atoms with Gasteiger partial charge in [-0.1, -0.05) is 42.9 Å². The predicted molar refractivity (Wildman–Crippen MR) is 133 cm³/mol. The van der Waals surface area contributed by atoms with E-state index < -0.39 is 21.5 Å². The van der Waals surface area contributed by atoms with Gasteiger partial charge in [0.1, 0.15) is 5.75 Å². The minimum absolute atomic E-state index is 0.0784. The Labute approximate surface area is 198 Å². The van der Waals surface area contributed by atoms with Crippen LogP contribution in [-0.4, -0.2) is 56.1 Å². The number of amides is 1. The second-order valence-corrected chi connectivity index (χ2v) is 11.1. The molecular weight excluding hydrogens is 466 g/mol. The van der Waals surface area contributed by atoms with E-state index in [4.69, 9.17) is 16.6 Å². The van der Waals surface area contributed by atoms with E-state index in [-0.39, 0.29) is 4.90 Å². The zero-order chi connectivity index (χ0) is 23.5. The highest BCUT2D eigenvalue weighted by Crippen LogP contribution is 2.32. The fraction of sp³-hybridized carbons (Fsp3) is 0.391. The first kappa shape index (κ1) is 24.6. The maximum absolute atomic E-state index is 13.3. The minimum atomic E-state index is -3.81. The smallest absolute Gasteiger partial charge is 0.244 e. The number of hydrogen-bond acceptors (Lipinski definition) is 6. The summed E-state index contributed by atoms with van der Waals surface area (Å²) in [5.41, 5.74) is 3.04. The van der Waals surface area contributed by atoms with E-state index in [0.717, 1.165) is 34.4 Å². The van der Waals surface area contributed by atoms with E-state index in [1.807, 2.05) is 26.0 Å². The van der Waals surface area contributed by atoms with E-state index in [9.17, 15) is 13.2 Å². The Morgan fingerprint density at radius 1 is 1.03 bits per heavy atom. The SMILES string of the molecule is CCN(CC)CCN(C(=O)CS(=O)(=O)c1ccc(Cl)cc1)c1nc2c(C)c(C)ccc2s1. The van der Waals surface area contributed by atoms with Crippen molar-refractivity contribution >= 4 is 54.0 Å². The molecule has 0 spiro atoms. The van der Waals surface area contributed by atoms with Gasteiger partial charge in [-0.2, -0.15) is 0 Å². The number of halogens is 1. The van der Waals surface area contributed by atoms with Crippen LogP contribution in [0.25, 0.3) is 10.2 Å². The van der Waals surface area contributed by atoms with Crippen LogP contribution in [0.15, 0.2) is 41.3 Å². The zero-order valence-electron chi connectivity index (χ0n) is 18.8. The Bertz CT molecular complexity index is 1200. The van der Waals surface area contributed by atoms with Crippen molar-refractivity contribution in [3.8, 4) is 0 Å². The van der Waals surface area contributed by atoms with Crippen LogP contribution in [-0.2, 0) is 14.6 Å². The van der Waals surface area contributed by atoms with E-state index in [1.165, 1.54) is 40.5 Å². The molecule has 0 atom stereocenters. The topological polar surface area (TPSA) is 70.6 Å². The summed E-state index contributed by atoms with van der Waals surface area (Å²) in [6, 6.07) is 9.90. The van der Waals surface area contributed by atoms with E-state index >= 15 is 0 Å². The van der Waals surface area contributed by atoms with Crippen molar-refractivity contribution in [3.05, 3.63) is 52.5 Å². The van der Waals surface area contributed by atoms with E-state index in [1.54, 1.807) is 0 Å². The van der Waals surface area contributed by atoms with Crippen molar-refractivity contribution in [2.75, 3.05) is 36.8 Å². The predicted octanol–water partition coefficient (Wildman–Crippen LogP) is 4.72. The molecule has 0 radical (unpaired) electrons. The van der Waals surface area contributed by atoms with Crippen molar-refractivity contribution in [1.82, 2.24) is 9.88 Å². The van der Waals surface area contributed by atoms with Crippen molar-refractivity contribution in [2.45, 2.75) is 32.6 Å². The van der Waals surface area contributed by atoms with Gasteiger partial charge in [-0.25, -0.2) is 13.4 Å². The molecule has 1 heterocycles. The van der Waals surface area contributed by atoms with Crippen molar-refractivity contribution in [3.63, 3.8) is 0 Å². The summed E-state index contributed by atoms with van der Waals surface area (Å²) in [4.78, 5) is 21.8. The molecule has 1 amide bonds. The fourth-order valence-corrected chi connectivity index (χ4v) is 5.80. The van der Waals surface area contributed by atoms with Crippen LogP contribution in [0, 0.1) is 13.8 Å². The number of aryl methyl sites for hydroxylation is 2. The number of sulfone groups is 1. The number of nitrogens with zero attached hydrogens (tertiary/aromatic N) is 3. The molecule has 0 fully saturated rings. The van der Waals surface area contributed by atoms with Gasteiger partial charge in [-0.15, -0.1) is 0 Å². The lowest BCUT2D eigenvalue weighted by atomic mass is 10.1. The summed E-state index contributed by atoms with van der Waals surface area (Å²) < 4.78 is 26.8. The molecule has 0 saturated heterocycles. The third kappa shape index (κ3) is 5.49. The number of fused-ring (bicyclic) bond motifs is 1. The highest BCUT2D eigenvalue weighted by molar-refractivity contribution is 7.92. The van der Waals surface area contributed by atoms with Gasteiger partial charge in [0, 0.05) is 18.1 Å². The number of thiazole rings is 1. The first-order valence-electron chi connectivity index (χ1n) is 10.5. The molecular formula is C23H28ClN3O3S2. The number of hydrogen-bond donors (Lipinski definition) is 0. The Morgan fingerprint density at radius 2 is 1.69 bits per heavy atom. The molecule has 9 heteroatoms. The van der Waals surface area contributed by atoms with Gasteiger partial charge in [-0.3, -0.25) is 9.69 Å². The highest BCUT2D eigenvalue weighted by atomic mass is 35.5. The number of anilines is 1. The second kappa shape index (κ2) is 10.3. The molecule has 172 valence electrons. The maximum Gasteiger partial charge on any atom is 0.244 e. The summed E-state index contributed by atoms with van der Waals surface area (Å²) >= 11 is 7.29. The van der Waals surface area contributed by atoms with E-state index in [0.29, 0.717) is 23.2 Å². The van der Waals surface area contributed by atoms with Crippen molar-refractivity contribution in [1.29, 1.82) is 0 Å². The summed E-state index contributed by atoms with van der Waals surface area (Å²) in [6.07, 6.45) is 0. The van der Waals surface area contributed by atoms with Crippen LogP contribution in [0.3, 0.4) is 0 Å². The molecule has 2 aromatic carbocycles. The van der Waals surface area contributed by atoms with Crippen LogP contribution in [0.4, 0.5) is 5.13 Å². The van der Waals surface area contributed by atoms with Gasteiger partial charge in [-0.05, 0) is 68.4 Å². The summed E-state index contributed by atoms with van der Waals surface area (Å²) in [7, 11) is -3.81. The quantitative estimate of drug-likeness (QED) is 0.431. The van der Waals surface area contributed by atoms with Gasteiger partial charge in [0.15, 0.2) is 15.0 Å². The number of aromatic nitrogens is 1. The molecule has 0 aliphatic heterocycles. The minimum Gasteiger partial charge on any atom is -0.302 e. The standard InChI is InChI=1S/C23H28ClN3O3S2/c1-5-26(6-2)13-14-27(23-25-22-17(4)16(3)7-12-20(22)31-23)21(28)15-32(29,30)19-10-8-18(24)9-11-19/h7-12H,5-6,13-15H2,1-4H3. The number of likely N-dealkylation sites (N-methyl/N-ethyl adjacent to an activating group) is 1. The molecule has 3 aromatic rings. The number of rotatable bonds is 9. The van der Waals surface area contributed by atoms with Crippen LogP contribution in [0.5, 0.6) is 0 Å². The molecule has 0 bridgehead atoms. The maximum atomic E-state index is 13.3. The van der Waals surface area contributed by atoms with Crippen LogP contribution >= 0.6 is 22.9 Å². The van der Waals surface area contributed by atoms with Gasteiger partial charge in [0.25, 0.3) is 0 Å². The largest absolute Gasteiger partial charge is 0.302 e. The number of carbonyl (C=O) groups excluding carboxylic acids is 1. The third-order valence-corrected chi connectivity index (χ3v) is 8.54. The van der Waals surface area contributed by atoms with Gasteiger partial charge < -0.3 is 4.90 Å². The fourth-order valence-electron chi connectivity index (χ4n) is 3.40. The van der Waals surface area contributed by atoms with E-state index in [2.05, 4.69) is 18.7 Å². The Hall–Kier alpha value is -2.00. The number of benzene rings is 2. The molecule has 0 N–H and O–H groups in total. The first-order chi connectivity index (χ1) is 15.2. The van der Waals surface area contributed by atoms with Gasteiger partial charge in [0.05, 0.1) is 15.1 Å². The second-order valence-electron chi connectivity index (χ2n) is 7.64. The van der Waals surface area contributed by atoms with Crippen LogP contribution in [0.2, 0.25) is 5.02 Å². The first-order valence-corrected chi connectivity index (χ1v) is 13.4. The third-order valence-electron chi connectivity index (χ3n) is 5.63. The Balaban J connectivity index is 1.94. The zero-order valence-corrected chi connectivity index (χ0v) is 21.1. The normalized spacial score (nSPS) is 11.9. The summed E-state index contributed by atoms with van der Waals surface area (Å²) in [5.74, 6) is -1.11. The molecule has 3 rings (SSSR count). The van der Waals surface area contributed by atoms with Crippen LogP contribution in [0.1, 0.15) is 25.0 Å². The lowest BCUT2D eigenvalue weighted by Gasteiger charge is -2.24. The van der Waals surface area contributed by atoms with Gasteiger partial charge in [0.2, 0.25) is 5.91 Å². The molecule has 0 aliphatic carbocycles. The average Bonchev–Trinajstić information content (AvgIpc) is 3.18. The summed E-state index contributed by atoms with van der Waals surface area (Å²) in [6.45, 7) is 10.8. The lowest BCUT2D eigenvalue weighted by Crippen LogP contribution is -2.41. The van der Waals surface area contributed by atoms with Gasteiger partial charge >= 0.3 is 0 Å². The van der Waals surface area contributed by atoms with Crippen molar-refractivity contribution < 1.29 is 13.2 Å². The van der Waals surface area contributed by atoms with Crippen molar-refractivity contribution in [2.24, 2.45) is 0 Å². The molecule has 32 heavy (non-hydrogen) atoms. The molecule has 0 aliphatic rings.